The van der Waals surface area contributed by atoms with Gasteiger partial charge in [-0.15, -0.1) is 11.3 Å². The van der Waals surface area contributed by atoms with E-state index in [4.69, 9.17) is 4.52 Å². The van der Waals surface area contributed by atoms with Crippen LogP contribution in [0.4, 0.5) is 0 Å². The predicted octanol–water partition coefficient (Wildman–Crippen LogP) is 2.87. The first-order chi connectivity index (χ1) is 11.2. The van der Waals surface area contributed by atoms with Gasteiger partial charge in [-0.05, 0) is 32.1 Å². The fourth-order valence-electron chi connectivity index (χ4n) is 3.06. The third-order valence-corrected chi connectivity index (χ3v) is 5.53. The van der Waals surface area contributed by atoms with Gasteiger partial charge in [0.1, 0.15) is 0 Å². The quantitative estimate of drug-likeness (QED) is 0.842. The van der Waals surface area contributed by atoms with Crippen molar-refractivity contribution in [1.82, 2.24) is 20.0 Å². The fourth-order valence-corrected chi connectivity index (χ4v) is 3.81. The van der Waals surface area contributed by atoms with Crippen LogP contribution in [0.3, 0.4) is 0 Å². The summed E-state index contributed by atoms with van der Waals surface area (Å²) in [5.41, 5.74) is 0.870. The minimum absolute atomic E-state index is 0.0389. The van der Waals surface area contributed by atoms with Gasteiger partial charge in [-0.2, -0.15) is 4.98 Å². The van der Waals surface area contributed by atoms with Crippen molar-refractivity contribution in [2.75, 3.05) is 6.54 Å². The lowest BCUT2D eigenvalue weighted by atomic mass is 10.2. The van der Waals surface area contributed by atoms with Crippen molar-refractivity contribution in [1.29, 1.82) is 0 Å². The van der Waals surface area contributed by atoms with Gasteiger partial charge in [-0.3, -0.25) is 4.79 Å². The smallest absolute Gasteiger partial charge is 0.229 e. The molecule has 2 aromatic rings. The van der Waals surface area contributed by atoms with Crippen molar-refractivity contribution < 1.29 is 9.32 Å². The zero-order valence-electron chi connectivity index (χ0n) is 13.2. The summed E-state index contributed by atoms with van der Waals surface area (Å²) in [5.74, 6) is 1.97. The highest BCUT2D eigenvalue weighted by Crippen LogP contribution is 2.40. The number of nitrogens with zero attached hydrogens (tertiary/aromatic N) is 4. The fraction of sp³-hybridized carbons (Fsp3) is 0.625. The maximum absolute atomic E-state index is 12.7. The molecule has 2 aromatic heterocycles. The Balaban J connectivity index is 1.46. The summed E-state index contributed by atoms with van der Waals surface area (Å²) in [6, 6.07) is -0.0389. The van der Waals surface area contributed by atoms with Gasteiger partial charge in [0, 0.05) is 17.8 Å². The molecule has 6 nitrogen and oxygen atoms in total. The maximum atomic E-state index is 12.7. The lowest BCUT2D eigenvalue weighted by molar-refractivity contribution is -0.131. The van der Waals surface area contributed by atoms with Crippen molar-refractivity contribution >= 4 is 17.2 Å². The van der Waals surface area contributed by atoms with E-state index in [-0.39, 0.29) is 11.9 Å². The van der Waals surface area contributed by atoms with Crippen LogP contribution in [0.15, 0.2) is 9.90 Å². The Morgan fingerprint density at radius 1 is 1.39 bits per heavy atom. The van der Waals surface area contributed by atoms with Gasteiger partial charge >= 0.3 is 0 Å². The van der Waals surface area contributed by atoms with Crippen molar-refractivity contribution in [3.05, 3.63) is 27.8 Å². The highest BCUT2D eigenvalue weighted by Gasteiger charge is 2.36. The number of likely N-dealkylation sites (tertiary alicyclic amines) is 1. The van der Waals surface area contributed by atoms with Gasteiger partial charge < -0.3 is 9.42 Å². The van der Waals surface area contributed by atoms with E-state index in [1.165, 1.54) is 0 Å². The predicted molar refractivity (Wildman–Crippen MR) is 85.2 cm³/mol. The lowest BCUT2D eigenvalue weighted by Crippen LogP contribution is -2.32. The van der Waals surface area contributed by atoms with Gasteiger partial charge in [0.15, 0.2) is 5.82 Å². The average molecular weight is 332 g/mol. The summed E-state index contributed by atoms with van der Waals surface area (Å²) in [4.78, 5) is 23.6. The minimum Gasteiger partial charge on any atom is -0.339 e. The Kier molecular flexibility index (Phi) is 3.88. The summed E-state index contributed by atoms with van der Waals surface area (Å²) in [5, 5.41) is 7.19. The third kappa shape index (κ3) is 3.02. The molecule has 0 aromatic carbocycles. The van der Waals surface area contributed by atoms with Crippen LogP contribution in [0.1, 0.15) is 67.0 Å². The van der Waals surface area contributed by atoms with Gasteiger partial charge in [-0.1, -0.05) is 12.1 Å². The lowest BCUT2D eigenvalue weighted by Gasteiger charge is -2.21. The molecular formula is C16H20N4O2S. The van der Waals surface area contributed by atoms with Gasteiger partial charge in [-0.25, -0.2) is 4.98 Å². The van der Waals surface area contributed by atoms with E-state index in [2.05, 4.69) is 22.0 Å². The topological polar surface area (TPSA) is 72.1 Å². The molecule has 1 saturated heterocycles. The largest absolute Gasteiger partial charge is 0.339 e. The molecule has 4 rings (SSSR count). The molecule has 1 atom stereocenters. The van der Waals surface area contributed by atoms with E-state index in [0.29, 0.717) is 18.2 Å². The Hall–Kier alpha value is -1.76. The first-order valence-electron chi connectivity index (χ1n) is 8.31. The molecule has 0 bridgehead atoms. The van der Waals surface area contributed by atoms with Crippen molar-refractivity contribution in [2.24, 2.45) is 0 Å². The molecule has 7 heteroatoms. The number of hydrogen-bond donors (Lipinski definition) is 0. The molecule has 1 aliphatic heterocycles. The summed E-state index contributed by atoms with van der Waals surface area (Å²) in [7, 11) is 0. The highest BCUT2D eigenvalue weighted by molar-refractivity contribution is 7.09. The first-order valence-corrected chi connectivity index (χ1v) is 9.18. The maximum Gasteiger partial charge on any atom is 0.229 e. The van der Waals surface area contributed by atoms with Gasteiger partial charge in [0.05, 0.1) is 23.2 Å². The van der Waals surface area contributed by atoms with Crippen LogP contribution in [-0.4, -0.2) is 32.5 Å². The summed E-state index contributed by atoms with van der Waals surface area (Å²) in [6.45, 7) is 2.84. The molecule has 23 heavy (non-hydrogen) atoms. The van der Waals surface area contributed by atoms with E-state index in [1.54, 1.807) is 11.3 Å². The molecule has 0 spiro atoms. The van der Waals surface area contributed by atoms with E-state index in [1.807, 2.05) is 10.3 Å². The molecule has 2 fully saturated rings. The van der Waals surface area contributed by atoms with Crippen LogP contribution in [0, 0.1) is 0 Å². The van der Waals surface area contributed by atoms with E-state index < -0.39 is 0 Å². The number of amides is 1. The second-order valence-electron chi connectivity index (χ2n) is 6.27. The third-order valence-electron chi connectivity index (χ3n) is 4.49. The van der Waals surface area contributed by atoms with Crippen LogP contribution in [0.25, 0.3) is 0 Å². The molecular weight excluding hydrogens is 312 g/mol. The standard InChI is InChI=1S/C16H20N4O2S/c1-2-13-17-11(9-23-13)8-14(21)20-7-3-4-12(20)15-18-16(22-19-15)10-5-6-10/h9-10,12H,2-8H2,1H3/t12-/m1/s1. The number of carbonyl (C=O) groups is 1. The number of aryl methyl sites for hydroxylation is 1. The van der Waals surface area contributed by atoms with Gasteiger partial charge in [0.25, 0.3) is 0 Å². The van der Waals surface area contributed by atoms with Crippen molar-refractivity contribution in [3.8, 4) is 0 Å². The molecule has 0 N–H and O–H groups in total. The molecule has 0 radical (unpaired) electrons. The summed E-state index contributed by atoms with van der Waals surface area (Å²) in [6.07, 6.45) is 5.45. The first kappa shape index (κ1) is 14.8. The minimum atomic E-state index is -0.0389. The molecule has 122 valence electrons. The van der Waals surface area contributed by atoms with E-state index >= 15 is 0 Å². The number of aromatic nitrogens is 3. The Morgan fingerprint density at radius 2 is 2.26 bits per heavy atom. The summed E-state index contributed by atoms with van der Waals surface area (Å²) >= 11 is 1.62. The van der Waals surface area contributed by atoms with Crippen LogP contribution < -0.4 is 0 Å². The van der Waals surface area contributed by atoms with Crippen molar-refractivity contribution in [3.63, 3.8) is 0 Å². The number of rotatable bonds is 5. The van der Waals surface area contributed by atoms with Crippen LogP contribution in [0.2, 0.25) is 0 Å². The summed E-state index contributed by atoms with van der Waals surface area (Å²) < 4.78 is 5.36. The molecule has 1 aliphatic carbocycles. The normalized spacial score (nSPS) is 21.1. The van der Waals surface area contributed by atoms with E-state index in [0.717, 1.165) is 55.2 Å². The molecule has 1 saturated carbocycles. The van der Waals surface area contributed by atoms with E-state index in [9.17, 15) is 4.79 Å². The second-order valence-corrected chi connectivity index (χ2v) is 7.22. The molecule has 3 heterocycles. The van der Waals surface area contributed by atoms with Crippen LogP contribution >= 0.6 is 11.3 Å². The highest BCUT2D eigenvalue weighted by atomic mass is 32.1. The number of carbonyl (C=O) groups excluding carboxylic acids is 1. The Morgan fingerprint density at radius 3 is 3.00 bits per heavy atom. The number of hydrogen-bond acceptors (Lipinski definition) is 6. The van der Waals surface area contributed by atoms with Crippen LogP contribution in [0.5, 0.6) is 0 Å². The monoisotopic (exact) mass is 332 g/mol. The molecule has 0 unspecified atom stereocenters. The zero-order chi connectivity index (χ0) is 15.8. The zero-order valence-corrected chi connectivity index (χ0v) is 14.0. The van der Waals surface area contributed by atoms with Gasteiger partial charge in [0.2, 0.25) is 11.8 Å². The second kappa shape index (κ2) is 6.03. The Bertz CT molecular complexity index is 707. The van der Waals surface area contributed by atoms with Crippen molar-refractivity contribution in [2.45, 2.75) is 57.4 Å². The Labute approximate surface area is 138 Å². The number of thiazole rings is 1. The average Bonchev–Trinajstić information content (AvgIpc) is 2.98. The molecule has 2 aliphatic rings. The SMILES string of the molecule is CCc1nc(CC(=O)N2CCC[C@@H]2c2noc(C3CC3)n2)cs1. The molecule has 1 amide bonds. The van der Waals surface area contributed by atoms with Crippen LogP contribution in [-0.2, 0) is 17.6 Å².